The van der Waals surface area contributed by atoms with Crippen LogP contribution in [-0.4, -0.2) is 19.9 Å². The molecule has 21 heavy (non-hydrogen) atoms. The van der Waals surface area contributed by atoms with E-state index in [4.69, 9.17) is 11.6 Å². The van der Waals surface area contributed by atoms with E-state index in [0.29, 0.717) is 6.54 Å². The van der Waals surface area contributed by atoms with Gasteiger partial charge in [-0.3, -0.25) is 4.31 Å². The van der Waals surface area contributed by atoms with Gasteiger partial charge < -0.3 is 0 Å². The van der Waals surface area contributed by atoms with Gasteiger partial charge in [0.15, 0.2) is 0 Å². The van der Waals surface area contributed by atoms with E-state index in [1.807, 2.05) is 25.1 Å². The number of sulfonamides is 1. The summed E-state index contributed by atoms with van der Waals surface area (Å²) in [6, 6.07) is 8.89. The van der Waals surface area contributed by atoms with Gasteiger partial charge in [0.05, 0.1) is 5.69 Å². The summed E-state index contributed by atoms with van der Waals surface area (Å²) in [4.78, 5) is 4.05. The van der Waals surface area contributed by atoms with Crippen LogP contribution in [0.25, 0.3) is 0 Å². The predicted molar refractivity (Wildman–Crippen MR) is 83.3 cm³/mol. The Kier molecular flexibility index (Phi) is 3.63. The van der Waals surface area contributed by atoms with Gasteiger partial charge in [-0.25, -0.2) is 13.4 Å². The number of para-hydroxylation sites is 1. The van der Waals surface area contributed by atoms with E-state index in [-0.39, 0.29) is 10.0 Å². The number of pyridine rings is 1. The van der Waals surface area contributed by atoms with Gasteiger partial charge in [0.25, 0.3) is 10.0 Å². The number of benzene rings is 1. The van der Waals surface area contributed by atoms with Crippen molar-refractivity contribution in [2.45, 2.75) is 24.7 Å². The molecule has 2 aromatic rings. The molecule has 1 aliphatic rings. The van der Waals surface area contributed by atoms with Crippen LogP contribution in [0.2, 0.25) is 5.15 Å². The molecule has 110 valence electrons. The normalized spacial score (nSPS) is 14.9. The van der Waals surface area contributed by atoms with E-state index >= 15 is 0 Å². The van der Waals surface area contributed by atoms with Crippen LogP contribution in [0.4, 0.5) is 5.69 Å². The Balaban J connectivity index is 2.12. The van der Waals surface area contributed by atoms with Crippen molar-refractivity contribution in [3.63, 3.8) is 0 Å². The molecule has 0 aliphatic carbocycles. The van der Waals surface area contributed by atoms with Crippen LogP contribution in [0, 0.1) is 6.92 Å². The van der Waals surface area contributed by atoms with Crippen LogP contribution >= 0.6 is 11.6 Å². The van der Waals surface area contributed by atoms with Crippen LogP contribution in [0.5, 0.6) is 0 Å². The summed E-state index contributed by atoms with van der Waals surface area (Å²) in [6.07, 6.45) is 3.03. The first kappa shape index (κ1) is 14.4. The number of hydrogen-bond acceptors (Lipinski definition) is 3. The van der Waals surface area contributed by atoms with E-state index in [1.54, 1.807) is 0 Å². The lowest BCUT2D eigenvalue weighted by atomic mass is 10.0. The standard InChI is InChI=1S/C15H15ClN2O2S/c1-11-4-2-5-12-6-3-9-18(15(11)12)21(19,20)13-7-8-14(16)17-10-13/h2,4-5,7-8,10H,3,6,9H2,1H3. The Morgan fingerprint density at radius 1 is 1.24 bits per heavy atom. The molecule has 0 saturated heterocycles. The summed E-state index contributed by atoms with van der Waals surface area (Å²) in [5.41, 5.74) is 2.85. The monoisotopic (exact) mass is 322 g/mol. The molecule has 0 atom stereocenters. The summed E-state index contributed by atoms with van der Waals surface area (Å²) >= 11 is 5.73. The lowest BCUT2D eigenvalue weighted by Crippen LogP contribution is -2.36. The third-order valence-corrected chi connectivity index (χ3v) is 5.67. The molecule has 2 heterocycles. The molecular weight excluding hydrogens is 308 g/mol. The molecular formula is C15H15ClN2O2S. The molecule has 0 radical (unpaired) electrons. The fourth-order valence-corrected chi connectivity index (χ4v) is 4.35. The third-order valence-electron chi connectivity index (χ3n) is 3.67. The molecule has 1 aliphatic heterocycles. The van der Waals surface area contributed by atoms with E-state index < -0.39 is 10.0 Å². The summed E-state index contributed by atoms with van der Waals surface area (Å²) in [7, 11) is -3.60. The van der Waals surface area contributed by atoms with Crippen molar-refractivity contribution in [1.29, 1.82) is 0 Å². The van der Waals surface area contributed by atoms with Gasteiger partial charge in [0.1, 0.15) is 10.0 Å². The van der Waals surface area contributed by atoms with E-state index in [9.17, 15) is 8.42 Å². The van der Waals surface area contributed by atoms with Gasteiger partial charge in [-0.15, -0.1) is 0 Å². The highest BCUT2D eigenvalue weighted by Gasteiger charge is 2.30. The Hall–Kier alpha value is -1.59. The van der Waals surface area contributed by atoms with E-state index in [2.05, 4.69) is 4.98 Å². The molecule has 0 unspecified atom stereocenters. The molecule has 0 fully saturated rings. The Bertz CT molecular complexity index is 773. The number of hydrogen-bond donors (Lipinski definition) is 0. The molecule has 6 heteroatoms. The number of fused-ring (bicyclic) bond motifs is 1. The second-order valence-electron chi connectivity index (χ2n) is 5.08. The molecule has 3 rings (SSSR count). The summed E-state index contributed by atoms with van der Waals surface area (Å²) in [6.45, 7) is 2.43. The van der Waals surface area contributed by atoms with Gasteiger partial charge in [0.2, 0.25) is 0 Å². The van der Waals surface area contributed by atoms with Crippen molar-refractivity contribution in [2.75, 3.05) is 10.8 Å². The molecule has 0 N–H and O–H groups in total. The minimum Gasteiger partial charge on any atom is -0.266 e. The largest absolute Gasteiger partial charge is 0.266 e. The summed E-state index contributed by atoms with van der Waals surface area (Å²) in [5.74, 6) is 0. The summed E-state index contributed by atoms with van der Waals surface area (Å²) in [5, 5.41) is 0.282. The first-order valence-corrected chi connectivity index (χ1v) is 8.55. The Morgan fingerprint density at radius 2 is 2.05 bits per heavy atom. The van der Waals surface area contributed by atoms with Gasteiger partial charge in [0, 0.05) is 12.7 Å². The Morgan fingerprint density at radius 3 is 2.76 bits per heavy atom. The average molecular weight is 323 g/mol. The van der Waals surface area contributed by atoms with Crippen LogP contribution in [0.1, 0.15) is 17.5 Å². The average Bonchev–Trinajstić information content (AvgIpc) is 2.47. The topological polar surface area (TPSA) is 50.3 Å². The first-order chi connectivity index (χ1) is 10.00. The zero-order valence-corrected chi connectivity index (χ0v) is 13.2. The minimum absolute atomic E-state index is 0.169. The Labute approximate surface area is 129 Å². The van der Waals surface area contributed by atoms with Gasteiger partial charge in [-0.1, -0.05) is 29.8 Å². The second kappa shape index (κ2) is 5.31. The first-order valence-electron chi connectivity index (χ1n) is 6.73. The van der Waals surface area contributed by atoms with Crippen molar-refractivity contribution in [1.82, 2.24) is 4.98 Å². The fourth-order valence-electron chi connectivity index (χ4n) is 2.69. The second-order valence-corrected chi connectivity index (χ2v) is 7.33. The van der Waals surface area contributed by atoms with Gasteiger partial charge >= 0.3 is 0 Å². The van der Waals surface area contributed by atoms with Crippen LogP contribution < -0.4 is 4.31 Å². The van der Waals surface area contributed by atoms with Gasteiger partial charge in [-0.05, 0) is 43.0 Å². The van der Waals surface area contributed by atoms with E-state index in [1.165, 1.54) is 22.6 Å². The van der Waals surface area contributed by atoms with Crippen LogP contribution in [-0.2, 0) is 16.4 Å². The number of aromatic nitrogens is 1. The van der Waals surface area contributed by atoms with E-state index in [0.717, 1.165) is 29.7 Å². The minimum atomic E-state index is -3.60. The van der Waals surface area contributed by atoms with Crippen molar-refractivity contribution < 1.29 is 8.42 Å². The lowest BCUT2D eigenvalue weighted by Gasteiger charge is -2.31. The highest BCUT2D eigenvalue weighted by molar-refractivity contribution is 7.92. The molecule has 1 aromatic heterocycles. The number of nitrogens with zero attached hydrogens (tertiary/aromatic N) is 2. The summed E-state index contributed by atoms with van der Waals surface area (Å²) < 4.78 is 27.2. The molecule has 0 bridgehead atoms. The predicted octanol–water partition coefficient (Wildman–Crippen LogP) is 3.18. The number of rotatable bonds is 2. The molecule has 1 aromatic carbocycles. The van der Waals surface area contributed by atoms with Gasteiger partial charge in [-0.2, -0.15) is 0 Å². The quantitative estimate of drug-likeness (QED) is 0.798. The smallest absolute Gasteiger partial charge is 0.265 e. The van der Waals surface area contributed by atoms with Crippen LogP contribution in [0.15, 0.2) is 41.4 Å². The van der Waals surface area contributed by atoms with Crippen molar-refractivity contribution in [2.24, 2.45) is 0 Å². The van der Waals surface area contributed by atoms with Crippen molar-refractivity contribution in [3.8, 4) is 0 Å². The SMILES string of the molecule is Cc1cccc2c1N(S(=O)(=O)c1ccc(Cl)nc1)CCC2. The molecule has 4 nitrogen and oxygen atoms in total. The molecule has 0 spiro atoms. The zero-order chi connectivity index (χ0) is 15.0. The number of anilines is 1. The highest BCUT2D eigenvalue weighted by Crippen LogP contribution is 2.34. The fraction of sp³-hybridized carbons (Fsp3) is 0.267. The molecule has 0 amide bonds. The molecule has 0 saturated carbocycles. The maximum absolute atomic E-state index is 12.9. The third kappa shape index (κ3) is 2.51. The zero-order valence-electron chi connectivity index (χ0n) is 11.6. The lowest BCUT2D eigenvalue weighted by molar-refractivity contribution is 0.586. The van der Waals surface area contributed by atoms with Crippen molar-refractivity contribution in [3.05, 3.63) is 52.8 Å². The maximum atomic E-state index is 12.9. The van der Waals surface area contributed by atoms with Crippen molar-refractivity contribution >= 4 is 27.3 Å². The highest BCUT2D eigenvalue weighted by atomic mass is 35.5. The number of aryl methyl sites for hydroxylation is 2. The van der Waals surface area contributed by atoms with Crippen LogP contribution in [0.3, 0.4) is 0 Å². The number of halogens is 1. The maximum Gasteiger partial charge on any atom is 0.265 e.